The first kappa shape index (κ1) is 19.6. The second-order valence-electron chi connectivity index (χ2n) is 7.71. The molecule has 4 amide bonds. The van der Waals surface area contributed by atoms with Crippen molar-refractivity contribution in [2.75, 3.05) is 6.54 Å². The third-order valence-corrected chi connectivity index (χ3v) is 5.58. The van der Waals surface area contributed by atoms with Crippen LogP contribution < -0.4 is 10.6 Å². The molecule has 1 fully saturated rings. The lowest BCUT2D eigenvalue weighted by atomic mass is 9.92. The number of amides is 4. The molecule has 3 aromatic rings. The van der Waals surface area contributed by atoms with Gasteiger partial charge in [-0.3, -0.25) is 14.5 Å². The number of carbonyl (C=O) groups excluding carboxylic acids is 3. The molecule has 1 heterocycles. The average molecular weight is 401 g/mol. The molecule has 30 heavy (non-hydrogen) atoms. The minimum Gasteiger partial charge on any atom is -0.348 e. The zero-order chi connectivity index (χ0) is 21.3. The molecule has 3 aromatic carbocycles. The number of urea groups is 1. The number of hydrogen-bond donors (Lipinski definition) is 2. The largest absolute Gasteiger partial charge is 0.348 e. The second-order valence-corrected chi connectivity index (χ2v) is 7.71. The minimum atomic E-state index is -1.18. The van der Waals surface area contributed by atoms with Gasteiger partial charge in [-0.05, 0) is 41.8 Å². The second kappa shape index (κ2) is 7.63. The summed E-state index contributed by atoms with van der Waals surface area (Å²) in [5.41, 5.74) is 0.451. The molecule has 2 N–H and O–H groups in total. The SMILES string of the molecule is C[C@H](NC(=O)CN1C(=O)N[C@](C)(c2ccccc2)C1=O)c1ccc2ccccc2c1. The van der Waals surface area contributed by atoms with Crippen LogP contribution >= 0.6 is 0 Å². The smallest absolute Gasteiger partial charge is 0.325 e. The molecule has 2 atom stereocenters. The molecule has 0 radical (unpaired) electrons. The van der Waals surface area contributed by atoms with Crippen LogP contribution in [-0.2, 0) is 15.1 Å². The molecule has 0 aromatic heterocycles. The van der Waals surface area contributed by atoms with Crippen molar-refractivity contribution in [3.63, 3.8) is 0 Å². The maximum Gasteiger partial charge on any atom is 0.325 e. The van der Waals surface area contributed by atoms with E-state index in [1.807, 2.05) is 55.5 Å². The minimum absolute atomic E-state index is 0.261. The average Bonchev–Trinajstić information content (AvgIpc) is 2.98. The van der Waals surface area contributed by atoms with E-state index in [9.17, 15) is 14.4 Å². The van der Waals surface area contributed by atoms with Crippen molar-refractivity contribution in [2.24, 2.45) is 0 Å². The standard InChI is InChI=1S/C24H23N3O3/c1-16(18-13-12-17-8-6-7-9-19(17)14-18)25-21(28)15-27-22(29)24(2,26-23(27)30)20-10-4-3-5-11-20/h3-14,16H,15H2,1-2H3,(H,25,28)(H,26,30)/t16-,24+/m0/s1. The van der Waals surface area contributed by atoms with E-state index in [4.69, 9.17) is 0 Å². The number of fused-ring (bicyclic) bond motifs is 1. The van der Waals surface area contributed by atoms with Gasteiger partial charge in [0.15, 0.2) is 0 Å². The normalized spacial score (nSPS) is 19.6. The van der Waals surface area contributed by atoms with E-state index in [-0.39, 0.29) is 12.6 Å². The molecule has 1 aliphatic rings. The van der Waals surface area contributed by atoms with Crippen molar-refractivity contribution in [2.45, 2.75) is 25.4 Å². The molecule has 0 aliphatic carbocycles. The van der Waals surface area contributed by atoms with E-state index in [2.05, 4.69) is 10.6 Å². The maximum atomic E-state index is 12.9. The monoisotopic (exact) mass is 401 g/mol. The molecule has 1 saturated heterocycles. The van der Waals surface area contributed by atoms with Gasteiger partial charge < -0.3 is 10.6 Å². The molecule has 152 valence electrons. The molecule has 6 heteroatoms. The Bertz CT molecular complexity index is 1130. The Morgan fingerprint density at radius 3 is 2.40 bits per heavy atom. The van der Waals surface area contributed by atoms with Crippen LogP contribution in [0.15, 0.2) is 72.8 Å². The van der Waals surface area contributed by atoms with Gasteiger partial charge in [-0.2, -0.15) is 0 Å². The summed E-state index contributed by atoms with van der Waals surface area (Å²) >= 11 is 0. The van der Waals surface area contributed by atoms with Gasteiger partial charge in [0, 0.05) is 0 Å². The van der Waals surface area contributed by atoms with Crippen molar-refractivity contribution in [1.29, 1.82) is 0 Å². The number of imide groups is 1. The quantitative estimate of drug-likeness (QED) is 0.643. The van der Waals surface area contributed by atoms with Gasteiger partial charge in [0.25, 0.3) is 5.91 Å². The highest BCUT2D eigenvalue weighted by Gasteiger charge is 2.49. The predicted octanol–water partition coefficient (Wildman–Crippen LogP) is 3.48. The highest BCUT2D eigenvalue weighted by molar-refractivity contribution is 6.09. The number of nitrogens with zero attached hydrogens (tertiary/aromatic N) is 1. The summed E-state index contributed by atoms with van der Waals surface area (Å²) in [6.07, 6.45) is 0. The van der Waals surface area contributed by atoms with E-state index in [0.717, 1.165) is 21.2 Å². The number of nitrogens with one attached hydrogen (secondary N) is 2. The zero-order valence-corrected chi connectivity index (χ0v) is 16.9. The van der Waals surface area contributed by atoms with Gasteiger partial charge in [0.1, 0.15) is 12.1 Å². The molecular weight excluding hydrogens is 378 g/mol. The van der Waals surface area contributed by atoms with Crippen LogP contribution in [0.1, 0.15) is 31.0 Å². The Morgan fingerprint density at radius 2 is 1.67 bits per heavy atom. The van der Waals surface area contributed by atoms with Crippen LogP contribution in [-0.4, -0.2) is 29.3 Å². The lowest BCUT2D eigenvalue weighted by Gasteiger charge is -2.22. The fourth-order valence-electron chi connectivity index (χ4n) is 3.80. The Hall–Kier alpha value is -3.67. The molecule has 4 rings (SSSR count). The molecule has 0 unspecified atom stereocenters. The van der Waals surface area contributed by atoms with Crippen LogP contribution in [0.3, 0.4) is 0 Å². The Labute approximate surface area is 174 Å². The highest BCUT2D eigenvalue weighted by atomic mass is 16.2. The summed E-state index contributed by atoms with van der Waals surface area (Å²) in [7, 11) is 0. The number of hydrogen-bond acceptors (Lipinski definition) is 3. The number of rotatable bonds is 5. The van der Waals surface area contributed by atoms with E-state index >= 15 is 0 Å². The van der Waals surface area contributed by atoms with Gasteiger partial charge in [0.2, 0.25) is 5.91 Å². The molecule has 6 nitrogen and oxygen atoms in total. The first-order valence-corrected chi connectivity index (χ1v) is 9.86. The van der Waals surface area contributed by atoms with Crippen LogP contribution in [0.25, 0.3) is 10.8 Å². The van der Waals surface area contributed by atoms with Gasteiger partial charge in [-0.15, -0.1) is 0 Å². The van der Waals surface area contributed by atoms with Gasteiger partial charge in [0.05, 0.1) is 6.04 Å². The fourth-order valence-corrected chi connectivity index (χ4v) is 3.80. The lowest BCUT2D eigenvalue weighted by Crippen LogP contribution is -2.43. The summed E-state index contributed by atoms with van der Waals surface area (Å²) in [6.45, 7) is 3.20. The van der Waals surface area contributed by atoms with Crippen molar-refractivity contribution in [3.05, 3.63) is 83.9 Å². The maximum absolute atomic E-state index is 12.9. The summed E-state index contributed by atoms with van der Waals surface area (Å²) in [4.78, 5) is 38.9. The summed E-state index contributed by atoms with van der Waals surface area (Å²) < 4.78 is 0. The van der Waals surface area contributed by atoms with Crippen LogP contribution in [0.2, 0.25) is 0 Å². The van der Waals surface area contributed by atoms with Gasteiger partial charge in [-0.1, -0.05) is 66.7 Å². The zero-order valence-electron chi connectivity index (χ0n) is 16.9. The van der Waals surface area contributed by atoms with Gasteiger partial charge >= 0.3 is 6.03 Å². The summed E-state index contributed by atoms with van der Waals surface area (Å²) in [6, 6.07) is 22.2. The molecule has 1 aliphatic heterocycles. The summed E-state index contributed by atoms with van der Waals surface area (Å²) in [5, 5.41) is 7.81. The molecule has 0 saturated carbocycles. The predicted molar refractivity (Wildman–Crippen MR) is 115 cm³/mol. The fraction of sp³-hybridized carbons (Fsp3) is 0.208. The van der Waals surface area contributed by atoms with E-state index < -0.39 is 23.4 Å². The number of benzene rings is 3. The van der Waals surface area contributed by atoms with Crippen molar-refractivity contribution in [3.8, 4) is 0 Å². The number of carbonyl (C=O) groups is 3. The van der Waals surface area contributed by atoms with Crippen molar-refractivity contribution in [1.82, 2.24) is 15.5 Å². The van der Waals surface area contributed by atoms with E-state index in [0.29, 0.717) is 5.56 Å². The summed E-state index contributed by atoms with van der Waals surface area (Å²) in [5.74, 6) is -0.830. The van der Waals surface area contributed by atoms with Crippen LogP contribution in [0.4, 0.5) is 4.79 Å². The Balaban J connectivity index is 1.45. The van der Waals surface area contributed by atoms with E-state index in [1.54, 1.807) is 31.2 Å². The Kier molecular flexibility index (Phi) is 4.99. The van der Waals surface area contributed by atoms with Crippen molar-refractivity contribution >= 4 is 28.6 Å². The van der Waals surface area contributed by atoms with Gasteiger partial charge in [-0.25, -0.2) is 4.79 Å². The first-order valence-electron chi connectivity index (χ1n) is 9.86. The van der Waals surface area contributed by atoms with E-state index in [1.165, 1.54) is 0 Å². The third-order valence-electron chi connectivity index (χ3n) is 5.58. The van der Waals surface area contributed by atoms with Crippen LogP contribution in [0, 0.1) is 0 Å². The molecule has 0 spiro atoms. The lowest BCUT2D eigenvalue weighted by molar-refractivity contribution is -0.135. The molecular formula is C24H23N3O3. The first-order chi connectivity index (χ1) is 14.4. The van der Waals surface area contributed by atoms with Crippen molar-refractivity contribution < 1.29 is 14.4 Å². The topological polar surface area (TPSA) is 78.5 Å². The Morgan fingerprint density at radius 1 is 1.00 bits per heavy atom. The third kappa shape index (κ3) is 3.52. The highest BCUT2D eigenvalue weighted by Crippen LogP contribution is 2.28. The van der Waals surface area contributed by atoms with Crippen LogP contribution in [0.5, 0.6) is 0 Å². The molecule has 0 bridgehead atoms.